The fourth-order valence-electron chi connectivity index (χ4n) is 2.32. The Hall–Kier alpha value is -3.39. The number of hydrogen-bond acceptors (Lipinski definition) is 5. The molecule has 0 fully saturated rings. The second-order valence-electron chi connectivity index (χ2n) is 5.65. The molecular formula is C18H15ClN4O4. The molecule has 1 amide bonds. The van der Waals surface area contributed by atoms with Gasteiger partial charge in [0.05, 0.1) is 15.6 Å². The highest BCUT2D eigenvalue weighted by molar-refractivity contribution is 6.34. The lowest BCUT2D eigenvalue weighted by Crippen LogP contribution is -2.14. The Bertz CT molecular complexity index is 1000. The van der Waals surface area contributed by atoms with Crippen LogP contribution in [0, 0.1) is 17.0 Å². The predicted octanol–water partition coefficient (Wildman–Crippen LogP) is 4.04. The summed E-state index contributed by atoms with van der Waals surface area (Å²) in [5.41, 5.74) is 1.09. The highest BCUT2D eigenvalue weighted by Gasteiger charge is 2.15. The molecule has 0 aliphatic heterocycles. The number of nitrogens with one attached hydrogen (secondary N) is 1. The van der Waals surface area contributed by atoms with Crippen LogP contribution in [0.2, 0.25) is 5.02 Å². The number of aromatic nitrogens is 2. The molecule has 27 heavy (non-hydrogen) atoms. The van der Waals surface area contributed by atoms with Crippen LogP contribution < -0.4 is 10.1 Å². The monoisotopic (exact) mass is 386 g/mol. The van der Waals surface area contributed by atoms with Gasteiger partial charge in [-0.2, -0.15) is 5.10 Å². The quantitative estimate of drug-likeness (QED) is 0.509. The maximum Gasteiger partial charge on any atom is 0.276 e. The van der Waals surface area contributed by atoms with E-state index in [2.05, 4.69) is 10.4 Å². The van der Waals surface area contributed by atoms with E-state index in [4.69, 9.17) is 16.3 Å². The van der Waals surface area contributed by atoms with E-state index in [0.29, 0.717) is 0 Å². The van der Waals surface area contributed by atoms with Gasteiger partial charge in [0.25, 0.3) is 11.6 Å². The van der Waals surface area contributed by atoms with Crippen molar-refractivity contribution in [1.29, 1.82) is 0 Å². The number of para-hydroxylation sites is 1. The number of carbonyl (C=O) groups excluding carboxylic acids is 1. The smallest absolute Gasteiger partial charge is 0.276 e. The molecular weight excluding hydrogens is 372 g/mol. The summed E-state index contributed by atoms with van der Waals surface area (Å²) in [6, 6.07) is 12.9. The third-order valence-electron chi connectivity index (χ3n) is 3.73. The van der Waals surface area contributed by atoms with Gasteiger partial charge in [-0.1, -0.05) is 29.8 Å². The average molecular weight is 387 g/mol. The zero-order chi connectivity index (χ0) is 19.4. The van der Waals surface area contributed by atoms with Gasteiger partial charge in [0.2, 0.25) is 0 Å². The number of ether oxygens (including phenoxy) is 1. The van der Waals surface area contributed by atoms with E-state index < -0.39 is 10.8 Å². The molecule has 0 bridgehead atoms. The highest BCUT2D eigenvalue weighted by Crippen LogP contribution is 2.27. The van der Waals surface area contributed by atoms with Crippen molar-refractivity contribution < 1.29 is 14.5 Å². The number of non-ortho nitro benzene ring substituents is 1. The summed E-state index contributed by atoms with van der Waals surface area (Å²) in [5, 5.41) is 17.7. The van der Waals surface area contributed by atoms with Crippen LogP contribution in [0.15, 0.2) is 54.7 Å². The van der Waals surface area contributed by atoms with Crippen LogP contribution in [-0.2, 0) is 6.73 Å². The van der Waals surface area contributed by atoms with Gasteiger partial charge in [-0.25, -0.2) is 4.68 Å². The zero-order valence-corrected chi connectivity index (χ0v) is 15.0. The Labute approximate surface area is 159 Å². The lowest BCUT2D eigenvalue weighted by atomic mass is 10.2. The van der Waals surface area contributed by atoms with E-state index >= 15 is 0 Å². The summed E-state index contributed by atoms with van der Waals surface area (Å²) in [5.74, 6) is 0.189. The number of nitro benzene ring substituents is 1. The van der Waals surface area contributed by atoms with Crippen molar-refractivity contribution in [1.82, 2.24) is 9.78 Å². The van der Waals surface area contributed by atoms with Gasteiger partial charge in [-0.05, 0) is 30.7 Å². The van der Waals surface area contributed by atoms with Crippen LogP contribution in [0.25, 0.3) is 0 Å². The number of amides is 1. The lowest BCUT2D eigenvalue weighted by Gasteiger charge is -2.08. The van der Waals surface area contributed by atoms with Gasteiger partial charge in [-0.15, -0.1) is 0 Å². The fraction of sp³-hybridized carbons (Fsp3) is 0.111. The SMILES string of the molecule is Cc1ccccc1OCn1ccc(C(=O)Nc2cc([N+](=O)[O-])ccc2Cl)n1. The molecule has 0 saturated heterocycles. The normalized spacial score (nSPS) is 10.4. The molecule has 0 radical (unpaired) electrons. The van der Waals surface area contributed by atoms with E-state index in [1.165, 1.54) is 28.9 Å². The molecule has 8 nitrogen and oxygen atoms in total. The number of anilines is 1. The van der Waals surface area contributed by atoms with E-state index in [-0.39, 0.29) is 28.8 Å². The highest BCUT2D eigenvalue weighted by atomic mass is 35.5. The van der Waals surface area contributed by atoms with Crippen LogP contribution in [-0.4, -0.2) is 20.6 Å². The van der Waals surface area contributed by atoms with Gasteiger partial charge in [0.1, 0.15) is 5.75 Å². The van der Waals surface area contributed by atoms with Crippen molar-refractivity contribution in [2.24, 2.45) is 0 Å². The molecule has 0 aliphatic carbocycles. The van der Waals surface area contributed by atoms with Crippen molar-refractivity contribution in [3.63, 3.8) is 0 Å². The first-order valence-electron chi connectivity index (χ1n) is 7.91. The Morgan fingerprint density at radius 3 is 2.81 bits per heavy atom. The van der Waals surface area contributed by atoms with Crippen LogP contribution in [0.1, 0.15) is 16.1 Å². The Balaban J connectivity index is 1.67. The minimum Gasteiger partial charge on any atom is -0.471 e. The summed E-state index contributed by atoms with van der Waals surface area (Å²) in [4.78, 5) is 22.6. The Kier molecular flexibility index (Phi) is 5.37. The minimum absolute atomic E-state index is 0.131. The van der Waals surface area contributed by atoms with Gasteiger partial charge in [0.15, 0.2) is 12.4 Å². The van der Waals surface area contributed by atoms with Gasteiger partial charge >= 0.3 is 0 Å². The van der Waals surface area contributed by atoms with Gasteiger partial charge in [0, 0.05) is 18.3 Å². The molecule has 0 aliphatic rings. The first-order chi connectivity index (χ1) is 12.9. The number of carbonyl (C=O) groups is 1. The van der Waals surface area contributed by atoms with Crippen molar-refractivity contribution in [3.8, 4) is 5.75 Å². The molecule has 2 aromatic carbocycles. The molecule has 1 aromatic heterocycles. The molecule has 1 heterocycles. The van der Waals surface area contributed by atoms with Gasteiger partial charge < -0.3 is 10.1 Å². The standard InChI is InChI=1S/C18H15ClN4O4/c1-12-4-2-3-5-17(12)27-11-22-9-8-15(21-22)18(24)20-16-10-13(23(25)26)6-7-14(16)19/h2-10H,11H2,1H3,(H,20,24). The number of benzene rings is 2. The number of halogens is 1. The zero-order valence-electron chi connectivity index (χ0n) is 14.3. The van der Waals surface area contributed by atoms with Crippen LogP contribution >= 0.6 is 11.6 Å². The summed E-state index contributed by atoms with van der Waals surface area (Å²) >= 11 is 5.99. The third-order valence-corrected chi connectivity index (χ3v) is 4.06. The maximum absolute atomic E-state index is 12.3. The molecule has 138 valence electrons. The topological polar surface area (TPSA) is 99.3 Å². The second kappa shape index (κ2) is 7.88. The van der Waals surface area contributed by atoms with E-state index in [9.17, 15) is 14.9 Å². The Morgan fingerprint density at radius 1 is 1.30 bits per heavy atom. The number of rotatable bonds is 6. The molecule has 1 N–H and O–H groups in total. The van der Waals surface area contributed by atoms with Crippen molar-refractivity contribution in [2.45, 2.75) is 13.7 Å². The average Bonchev–Trinajstić information content (AvgIpc) is 3.12. The molecule has 9 heteroatoms. The molecule has 0 atom stereocenters. The lowest BCUT2D eigenvalue weighted by molar-refractivity contribution is -0.384. The van der Waals surface area contributed by atoms with E-state index in [1.807, 2.05) is 31.2 Å². The second-order valence-corrected chi connectivity index (χ2v) is 6.06. The Morgan fingerprint density at radius 2 is 2.07 bits per heavy atom. The molecule has 3 aromatic rings. The van der Waals surface area contributed by atoms with Crippen LogP contribution in [0.5, 0.6) is 5.75 Å². The fourth-order valence-corrected chi connectivity index (χ4v) is 2.48. The van der Waals surface area contributed by atoms with Gasteiger partial charge in [-0.3, -0.25) is 14.9 Å². The number of nitro groups is 1. The summed E-state index contributed by atoms with van der Waals surface area (Å²) in [6.45, 7) is 2.07. The third kappa shape index (κ3) is 4.42. The summed E-state index contributed by atoms with van der Waals surface area (Å²) in [7, 11) is 0. The first kappa shape index (κ1) is 18.4. The van der Waals surface area contributed by atoms with Crippen LogP contribution in [0.4, 0.5) is 11.4 Å². The van der Waals surface area contributed by atoms with E-state index in [0.717, 1.165) is 11.3 Å². The number of nitrogens with zero attached hydrogens (tertiary/aromatic N) is 3. The van der Waals surface area contributed by atoms with Crippen molar-refractivity contribution >= 4 is 28.9 Å². The van der Waals surface area contributed by atoms with Crippen molar-refractivity contribution in [2.75, 3.05) is 5.32 Å². The molecule has 0 saturated carbocycles. The van der Waals surface area contributed by atoms with E-state index in [1.54, 1.807) is 6.20 Å². The maximum atomic E-state index is 12.3. The number of aryl methyl sites for hydroxylation is 1. The molecule has 0 unspecified atom stereocenters. The largest absolute Gasteiger partial charge is 0.471 e. The minimum atomic E-state index is -0.566. The predicted molar refractivity (Wildman–Crippen MR) is 100 cm³/mol. The summed E-state index contributed by atoms with van der Waals surface area (Å²) < 4.78 is 7.14. The summed E-state index contributed by atoms with van der Waals surface area (Å²) in [6.07, 6.45) is 1.60. The molecule has 3 rings (SSSR count). The number of hydrogen-bond donors (Lipinski definition) is 1. The molecule has 0 spiro atoms. The van der Waals surface area contributed by atoms with Crippen molar-refractivity contribution in [3.05, 3.63) is 81.1 Å². The first-order valence-corrected chi connectivity index (χ1v) is 8.29. The van der Waals surface area contributed by atoms with Crippen LogP contribution in [0.3, 0.4) is 0 Å².